The Bertz CT molecular complexity index is 664. The molecular weight excluding hydrogens is 343 g/mol. The molecule has 1 atom stereocenters. The van der Waals surface area contributed by atoms with E-state index in [-0.39, 0.29) is 23.6 Å². The zero-order valence-electron chi connectivity index (χ0n) is 14.4. The molecule has 1 N–H and O–H groups in total. The first-order valence-electron chi connectivity index (χ1n) is 7.73. The van der Waals surface area contributed by atoms with Gasteiger partial charge in [-0.05, 0) is 27.7 Å². The van der Waals surface area contributed by atoms with Gasteiger partial charge in [-0.15, -0.1) is 0 Å². The first-order valence-corrected chi connectivity index (χ1v) is 7.73. The Morgan fingerprint density at radius 1 is 1.32 bits per heavy atom. The number of halogens is 3. The number of hydrogen-bond donors (Lipinski definition) is 1. The summed E-state index contributed by atoms with van der Waals surface area (Å²) < 4.78 is 50.1. The summed E-state index contributed by atoms with van der Waals surface area (Å²) in [6, 6.07) is -2.06. The fraction of sp³-hybridized carbons (Fsp3) is 0.667. The van der Waals surface area contributed by atoms with Crippen LogP contribution in [0.25, 0.3) is 0 Å². The molecule has 0 spiro atoms. The van der Waals surface area contributed by atoms with Crippen molar-refractivity contribution >= 4 is 12.1 Å². The van der Waals surface area contributed by atoms with Crippen molar-refractivity contribution in [2.45, 2.75) is 58.5 Å². The molecule has 25 heavy (non-hydrogen) atoms. The first kappa shape index (κ1) is 19.1. The highest BCUT2D eigenvalue weighted by Gasteiger charge is 2.50. The molecule has 10 heteroatoms. The third kappa shape index (κ3) is 4.23. The highest BCUT2D eigenvalue weighted by molar-refractivity contribution is 5.89. The van der Waals surface area contributed by atoms with Gasteiger partial charge in [-0.2, -0.15) is 18.3 Å². The smallest absolute Gasteiger partial charge is 0.411 e. The third-order valence-electron chi connectivity index (χ3n) is 3.53. The number of nitrogens with zero attached hydrogens (tertiary/aromatic N) is 2. The molecule has 7 nitrogen and oxygen atoms in total. The maximum Gasteiger partial charge on any atom is 0.411 e. The zero-order chi connectivity index (χ0) is 19.0. The largest absolute Gasteiger partial charge is 0.461 e. The minimum Gasteiger partial charge on any atom is -0.461 e. The predicted octanol–water partition coefficient (Wildman–Crippen LogP) is 2.81. The number of nitrogens with one attached hydrogen (secondary N) is 1. The quantitative estimate of drug-likeness (QED) is 0.817. The van der Waals surface area contributed by atoms with Gasteiger partial charge in [0.05, 0.1) is 13.2 Å². The summed E-state index contributed by atoms with van der Waals surface area (Å²) in [5, 5.41) is 6.20. The van der Waals surface area contributed by atoms with Crippen molar-refractivity contribution in [1.29, 1.82) is 0 Å². The molecule has 0 radical (unpaired) electrons. The number of alkyl halides is 3. The number of carbonyl (C=O) groups excluding carboxylic acids is 2. The number of fused-ring (bicyclic) bond motifs is 1. The average Bonchev–Trinajstić information content (AvgIpc) is 2.86. The van der Waals surface area contributed by atoms with Crippen molar-refractivity contribution in [2.24, 2.45) is 0 Å². The lowest BCUT2D eigenvalue weighted by molar-refractivity contribution is -0.184. The summed E-state index contributed by atoms with van der Waals surface area (Å²) in [5.74, 6) is -0.755. The Morgan fingerprint density at radius 2 is 1.96 bits per heavy atom. The zero-order valence-corrected chi connectivity index (χ0v) is 14.4. The average molecular weight is 363 g/mol. The Kier molecular flexibility index (Phi) is 5.01. The highest BCUT2D eigenvalue weighted by atomic mass is 19.4. The molecule has 1 aliphatic heterocycles. The van der Waals surface area contributed by atoms with Gasteiger partial charge in [0.2, 0.25) is 0 Å². The van der Waals surface area contributed by atoms with Crippen LogP contribution in [0.4, 0.5) is 18.0 Å². The molecule has 1 aliphatic rings. The van der Waals surface area contributed by atoms with Crippen molar-refractivity contribution in [3.63, 3.8) is 0 Å². The monoisotopic (exact) mass is 363 g/mol. The fourth-order valence-electron chi connectivity index (χ4n) is 2.50. The number of aromatic amines is 1. The number of esters is 1. The molecule has 0 fully saturated rings. The third-order valence-corrected chi connectivity index (χ3v) is 3.53. The van der Waals surface area contributed by atoms with Crippen molar-refractivity contribution in [3.8, 4) is 0 Å². The molecular formula is C15H20F3N3O4. The minimum atomic E-state index is -4.65. The van der Waals surface area contributed by atoms with Crippen molar-refractivity contribution < 1.29 is 32.2 Å². The van der Waals surface area contributed by atoms with Gasteiger partial charge < -0.3 is 9.47 Å². The van der Waals surface area contributed by atoms with E-state index in [0.717, 1.165) is 0 Å². The number of ether oxygens (including phenoxy) is 2. The van der Waals surface area contributed by atoms with Crippen molar-refractivity contribution in [3.05, 3.63) is 17.0 Å². The van der Waals surface area contributed by atoms with Crippen LogP contribution in [0.3, 0.4) is 0 Å². The number of H-pyrrole nitrogens is 1. The number of hydrogen-bond acceptors (Lipinski definition) is 5. The van der Waals surface area contributed by atoms with E-state index in [0.29, 0.717) is 4.90 Å². The van der Waals surface area contributed by atoms with Gasteiger partial charge in [0.15, 0.2) is 5.69 Å². The van der Waals surface area contributed by atoms with E-state index >= 15 is 0 Å². The molecule has 0 bridgehead atoms. The fourth-order valence-corrected chi connectivity index (χ4v) is 2.50. The topological polar surface area (TPSA) is 84.5 Å². The molecule has 2 heterocycles. The van der Waals surface area contributed by atoms with Crippen LogP contribution in [0.1, 0.15) is 49.4 Å². The lowest BCUT2D eigenvalue weighted by Gasteiger charge is -2.37. The number of aromatic nitrogens is 2. The summed E-state index contributed by atoms with van der Waals surface area (Å²) in [6.07, 6.45) is -6.29. The SMILES string of the molecule is CCOC(=O)c1n[nH]c2c1CN(C(=O)OC(C)(C)C)[C@H](C(F)(F)F)C2. The summed E-state index contributed by atoms with van der Waals surface area (Å²) >= 11 is 0. The van der Waals surface area contributed by atoms with Crippen LogP contribution in [0.2, 0.25) is 0 Å². The standard InChI is InChI=1S/C15H20F3N3O4/c1-5-24-12(22)11-8-7-21(13(23)25-14(2,3)4)10(15(16,17)18)6-9(8)19-20-11/h10H,5-7H2,1-4H3,(H,19,20)/t10-/m0/s1. The van der Waals surface area contributed by atoms with Crippen LogP contribution in [0.5, 0.6) is 0 Å². The second kappa shape index (κ2) is 6.57. The van der Waals surface area contributed by atoms with Crippen LogP contribution >= 0.6 is 0 Å². The van der Waals surface area contributed by atoms with E-state index in [1.165, 1.54) is 0 Å². The molecule has 2 rings (SSSR count). The molecule has 140 valence electrons. The highest BCUT2D eigenvalue weighted by Crippen LogP contribution is 2.35. The van der Waals surface area contributed by atoms with Crippen LogP contribution in [-0.2, 0) is 22.4 Å². The van der Waals surface area contributed by atoms with Gasteiger partial charge in [0.1, 0.15) is 11.6 Å². The second-order valence-electron chi connectivity index (χ2n) is 6.62. The molecule has 1 aromatic heterocycles. The Balaban J connectivity index is 2.37. The van der Waals surface area contributed by atoms with E-state index in [1.807, 2.05) is 0 Å². The molecule has 1 amide bonds. The van der Waals surface area contributed by atoms with Crippen molar-refractivity contribution in [2.75, 3.05) is 6.61 Å². The Labute approximate surface area is 142 Å². The summed E-state index contributed by atoms with van der Waals surface area (Å²) in [5.41, 5.74) is -0.700. The maximum absolute atomic E-state index is 13.4. The van der Waals surface area contributed by atoms with E-state index < -0.39 is 42.8 Å². The van der Waals surface area contributed by atoms with Gasteiger partial charge in [0.25, 0.3) is 0 Å². The predicted molar refractivity (Wildman–Crippen MR) is 79.9 cm³/mol. The number of rotatable bonds is 2. The van der Waals surface area contributed by atoms with Gasteiger partial charge >= 0.3 is 18.2 Å². The van der Waals surface area contributed by atoms with Gasteiger partial charge in [-0.1, -0.05) is 0 Å². The van der Waals surface area contributed by atoms with E-state index in [9.17, 15) is 22.8 Å². The lowest BCUT2D eigenvalue weighted by Crippen LogP contribution is -2.53. The van der Waals surface area contributed by atoms with Crippen molar-refractivity contribution in [1.82, 2.24) is 15.1 Å². The lowest BCUT2D eigenvalue weighted by atomic mass is 9.98. The summed E-state index contributed by atoms with van der Waals surface area (Å²) in [7, 11) is 0. The Hall–Kier alpha value is -2.26. The van der Waals surface area contributed by atoms with Crippen LogP contribution in [0.15, 0.2) is 0 Å². The molecule has 0 saturated heterocycles. The van der Waals surface area contributed by atoms with Crippen LogP contribution in [-0.4, -0.2) is 51.6 Å². The molecule has 1 aromatic rings. The number of amides is 1. The molecule has 0 aliphatic carbocycles. The number of carbonyl (C=O) groups is 2. The molecule has 0 saturated carbocycles. The van der Waals surface area contributed by atoms with E-state index in [2.05, 4.69) is 10.2 Å². The Morgan fingerprint density at radius 3 is 2.48 bits per heavy atom. The van der Waals surface area contributed by atoms with Gasteiger partial charge in [-0.25, -0.2) is 9.59 Å². The van der Waals surface area contributed by atoms with Crippen LogP contribution in [0, 0.1) is 0 Å². The maximum atomic E-state index is 13.4. The van der Waals surface area contributed by atoms with Crippen LogP contribution < -0.4 is 0 Å². The molecule has 0 aromatic carbocycles. The van der Waals surface area contributed by atoms with Gasteiger partial charge in [-0.3, -0.25) is 10.00 Å². The van der Waals surface area contributed by atoms with E-state index in [4.69, 9.17) is 9.47 Å². The molecule has 0 unspecified atom stereocenters. The summed E-state index contributed by atoms with van der Waals surface area (Å²) in [4.78, 5) is 24.7. The minimum absolute atomic E-state index is 0.0986. The van der Waals surface area contributed by atoms with Gasteiger partial charge in [0, 0.05) is 17.7 Å². The second-order valence-corrected chi connectivity index (χ2v) is 6.62. The van der Waals surface area contributed by atoms with E-state index in [1.54, 1.807) is 27.7 Å². The first-order chi connectivity index (χ1) is 11.4. The summed E-state index contributed by atoms with van der Waals surface area (Å²) in [6.45, 7) is 5.93. The normalized spacial score (nSPS) is 17.9.